The lowest BCUT2D eigenvalue weighted by Crippen LogP contribution is -2.41. The minimum Gasteiger partial charge on any atom is -0.465 e. The minimum absolute atomic E-state index is 0.0423. The van der Waals surface area contributed by atoms with Crippen LogP contribution in [0.5, 0.6) is 5.75 Å². The van der Waals surface area contributed by atoms with Crippen molar-refractivity contribution < 1.29 is 22.1 Å². The first-order chi connectivity index (χ1) is 11.6. The molecule has 134 valence electrons. The zero-order valence-corrected chi connectivity index (χ0v) is 14.8. The molecule has 0 N–H and O–H groups in total. The van der Waals surface area contributed by atoms with Crippen molar-refractivity contribution in [3.63, 3.8) is 0 Å². The number of hydrogen-bond donors (Lipinski definition) is 0. The SMILES string of the molecule is COC(=O)c1ccc(OS(=O)(=O)c2c(C)n(C)c(=O)n(C)c2=O)cc1. The van der Waals surface area contributed by atoms with Crippen LogP contribution in [0, 0.1) is 6.92 Å². The Balaban J connectivity index is 2.49. The highest BCUT2D eigenvalue weighted by Gasteiger charge is 2.27. The summed E-state index contributed by atoms with van der Waals surface area (Å²) in [4.78, 5) is 34.8. The van der Waals surface area contributed by atoms with Gasteiger partial charge in [0.25, 0.3) is 5.56 Å². The van der Waals surface area contributed by atoms with Gasteiger partial charge in [-0.05, 0) is 31.2 Å². The third kappa shape index (κ3) is 3.33. The Bertz CT molecular complexity index is 1050. The van der Waals surface area contributed by atoms with Gasteiger partial charge in [0.05, 0.1) is 12.7 Å². The first-order valence-corrected chi connectivity index (χ1v) is 8.40. The highest BCUT2D eigenvalue weighted by molar-refractivity contribution is 7.87. The summed E-state index contributed by atoms with van der Waals surface area (Å²) >= 11 is 0. The monoisotopic (exact) mass is 368 g/mol. The molecule has 0 aliphatic rings. The lowest BCUT2D eigenvalue weighted by atomic mass is 10.2. The molecule has 2 rings (SSSR count). The number of nitrogens with zero attached hydrogens (tertiary/aromatic N) is 2. The average Bonchev–Trinajstić information content (AvgIpc) is 2.57. The molecule has 0 unspecified atom stereocenters. The molecule has 0 aliphatic carbocycles. The van der Waals surface area contributed by atoms with Gasteiger partial charge >= 0.3 is 21.8 Å². The number of aromatic nitrogens is 2. The van der Waals surface area contributed by atoms with E-state index in [1.165, 1.54) is 52.4 Å². The van der Waals surface area contributed by atoms with Crippen molar-refractivity contribution in [2.24, 2.45) is 14.1 Å². The van der Waals surface area contributed by atoms with Crippen molar-refractivity contribution in [1.82, 2.24) is 9.13 Å². The Morgan fingerprint density at radius 1 is 1.04 bits per heavy atom. The van der Waals surface area contributed by atoms with E-state index in [1.807, 2.05) is 0 Å². The third-order valence-electron chi connectivity index (χ3n) is 3.64. The fourth-order valence-electron chi connectivity index (χ4n) is 2.14. The van der Waals surface area contributed by atoms with Gasteiger partial charge in [-0.3, -0.25) is 13.9 Å². The summed E-state index contributed by atoms with van der Waals surface area (Å²) in [6.45, 7) is 1.33. The number of carbonyl (C=O) groups excluding carboxylic acids is 1. The van der Waals surface area contributed by atoms with Crippen LogP contribution in [-0.4, -0.2) is 30.6 Å². The van der Waals surface area contributed by atoms with Gasteiger partial charge in [-0.15, -0.1) is 0 Å². The standard InChI is InChI=1S/C15H16N2O7S/c1-9-12(13(18)17(3)15(20)16(9)2)25(21,22)24-11-7-5-10(6-8-11)14(19)23-4/h5-8H,1-4H3. The molecule has 10 heteroatoms. The zero-order chi connectivity index (χ0) is 18.9. The molecule has 0 spiro atoms. The minimum atomic E-state index is -4.48. The summed E-state index contributed by atoms with van der Waals surface area (Å²) < 4.78 is 36.2. The van der Waals surface area contributed by atoms with Crippen LogP contribution in [0.3, 0.4) is 0 Å². The van der Waals surface area contributed by atoms with E-state index >= 15 is 0 Å². The first-order valence-electron chi connectivity index (χ1n) is 6.99. The van der Waals surface area contributed by atoms with Gasteiger partial charge in [-0.25, -0.2) is 9.59 Å². The molecular weight excluding hydrogens is 352 g/mol. The summed E-state index contributed by atoms with van der Waals surface area (Å²) in [5, 5.41) is 0. The highest BCUT2D eigenvalue weighted by Crippen LogP contribution is 2.19. The quantitative estimate of drug-likeness (QED) is 0.549. The smallest absolute Gasteiger partial charge is 0.346 e. The van der Waals surface area contributed by atoms with Crippen molar-refractivity contribution in [2.45, 2.75) is 11.8 Å². The van der Waals surface area contributed by atoms with E-state index in [4.69, 9.17) is 4.18 Å². The van der Waals surface area contributed by atoms with Crippen LogP contribution >= 0.6 is 0 Å². The van der Waals surface area contributed by atoms with Crippen LogP contribution in [0.25, 0.3) is 0 Å². The van der Waals surface area contributed by atoms with Crippen LogP contribution < -0.4 is 15.4 Å². The molecule has 1 aromatic heterocycles. The van der Waals surface area contributed by atoms with Crippen molar-refractivity contribution in [1.29, 1.82) is 0 Å². The van der Waals surface area contributed by atoms with Gasteiger partial charge in [0, 0.05) is 19.8 Å². The lowest BCUT2D eigenvalue weighted by molar-refractivity contribution is 0.0600. The van der Waals surface area contributed by atoms with E-state index in [0.717, 1.165) is 4.57 Å². The molecule has 0 bridgehead atoms. The fourth-order valence-corrected chi connectivity index (χ4v) is 3.43. The van der Waals surface area contributed by atoms with Crippen LogP contribution in [0.1, 0.15) is 16.1 Å². The molecule has 0 saturated heterocycles. The Kier molecular flexibility index (Phi) is 4.84. The van der Waals surface area contributed by atoms with E-state index in [2.05, 4.69) is 4.74 Å². The number of benzene rings is 1. The average molecular weight is 368 g/mol. The second-order valence-electron chi connectivity index (χ2n) is 5.17. The number of methoxy groups -OCH3 is 1. The molecule has 0 atom stereocenters. The third-order valence-corrected chi connectivity index (χ3v) is 5.02. The van der Waals surface area contributed by atoms with E-state index < -0.39 is 32.2 Å². The number of esters is 1. The molecule has 0 radical (unpaired) electrons. The molecule has 0 saturated carbocycles. The number of carbonyl (C=O) groups is 1. The van der Waals surface area contributed by atoms with E-state index in [-0.39, 0.29) is 17.0 Å². The lowest BCUT2D eigenvalue weighted by Gasteiger charge is -2.13. The Hall–Kier alpha value is -2.88. The van der Waals surface area contributed by atoms with Crippen LogP contribution in [-0.2, 0) is 29.0 Å². The van der Waals surface area contributed by atoms with Crippen LogP contribution in [0.4, 0.5) is 0 Å². The van der Waals surface area contributed by atoms with E-state index in [9.17, 15) is 22.8 Å². The predicted octanol–water partition coefficient (Wildman–Crippen LogP) is -0.0533. The maximum atomic E-state index is 12.5. The summed E-state index contributed by atoms with van der Waals surface area (Å²) in [5.74, 6) is -0.680. The molecular formula is C15H16N2O7S. The molecule has 2 aromatic rings. The van der Waals surface area contributed by atoms with Crippen LogP contribution in [0.15, 0.2) is 38.8 Å². The number of ether oxygens (including phenoxy) is 1. The van der Waals surface area contributed by atoms with Gasteiger partial charge in [0.15, 0.2) is 4.90 Å². The molecule has 25 heavy (non-hydrogen) atoms. The molecule has 1 heterocycles. The second-order valence-corrected chi connectivity index (χ2v) is 6.66. The van der Waals surface area contributed by atoms with Crippen molar-refractivity contribution in [3.05, 3.63) is 56.4 Å². The van der Waals surface area contributed by atoms with E-state index in [0.29, 0.717) is 4.57 Å². The zero-order valence-electron chi connectivity index (χ0n) is 14.0. The number of hydrogen-bond acceptors (Lipinski definition) is 7. The fraction of sp³-hybridized carbons (Fsp3) is 0.267. The maximum absolute atomic E-state index is 12.5. The second kappa shape index (κ2) is 6.55. The van der Waals surface area contributed by atoms with Crippen molar-refractivity contribution in [3.8, 4) is 5.75 Å². The molecule has 0 aliphatic heterocycles. The van der Waals surface area contributed by atoms with E-state index in [1.54, 1.807) is 0 Å². The maximum Gasteiger partial charge on any atom is 0.346 e. The van der Waals surface area contributed by atoms with Gasteiger partial charge < -0.3 is 8.92 Å². The van der Waals surface area contributed by atoms with Crippen molar-refractivity contribution >= 4 is 16.1 Å². The molecule has 0 amide bonds. The van der Waals surface area contributed by atoms with Gasteiger partial charge in [0.1, 0.15) is 5.75 Å². The van der Waals surface area contributed by atoms with Crippen LogP contribution in [0.2, 0.25) is 0 Å². The summed E-state index contributed by atoms with van der Waals surface area (Å²) in [5.41, 5.74) is -1.46. The highest BCUT2D eigenvalue weighted by atomic mass is 32.2. The Morgan fingerprint density at radius 2 is 1.60 bits per heavy atom. The Labute approximate surface area is 143 Å². The largest absolute Gasteiger partial charge is 0.465 e. The number of rotatable bonds is 4. The summed E-state index contributed by atoms with van der Waals surface area (Å²) in [6.07, 6.45) is 0. The topological polar surface area (TPSA) is 114 Å². The van der Waals surface area contributed by atoms with Gasteiger partial charge in [-0.1, -0.05) is 0 Å². The van der Waals surface area contributed by atoms with Crippen molar-refractivity contribution in [2.75, 3.05) is 7.11 Å². The summed E-state index contributed by atoms with van der Waals surface area (Å²) in [7, 11) is -0.743. The predicted molar refractivity (Wildman–Crippen MR) is 87.3 cm³/mol. The van der Waals surface area contributed by atoms with Gasteiger partial charge in [0.2, 0.25) is 0 Å². The molecule has 0 fully saturated rings. The Morgan fingerprint density at radius 3 is 2.12 bits per heavy atom. The van der Waals surface area contributed by atoms with Gasteiger partial charge in [-0.2, -0.15) is 8.42 Å². The summed E-state index contributed by atoms with van der Waals surface area (Å²) in [6, 6.07) is 5.15. The normalized spacial score (nSPS) is 11.2. The molecule has 9 nitrogen and oxygen atoms in total. The first kappa shape index (κ1) is 18.5. The molecule has 1 aromatic carbocycles.